The van der Waals surface area contributed by atoms with Crippen LogP contribution in [-0.2, 0) is 5.41 Å². The molecule has 2 aromatic carbocycles. The van der Waals surface area contributed by atoms with Crippen LogP contribution in [0.25, 0.3) is 5.69 Å². The second kappa shape index (κ2) is 8.22. The van der Waals surface area contributed by atoms with Crippen LogP contribution < -0.4 is 10.9 Å². The third-order valence-corrected chi connectivity index (χ3v) is 5.88. The Bertz CT molecular complexity index is 1120. The van der Waals surface area contributed by atoms with E-state index in [4.69, 9.17) is 0 Å². The van der Waals surface area contributed by atoms with Gasteiger partial charge in [-0.15, -0.1) is 0 Å². The number of aryl methyl sites for hydroxylation is 1. The molecule has 0 bridgehead atoms. The van der Waals surface area contributed by atoms with E-state index in [0.717, 1.165) is 30.4 Å². The first kappa shape index (κ1) is 20.0. The lowest BCUT2D eigenvalue weighted by Crippen LogP contribution is -2.40. The van der Waals surface area contributed by atoms with E-state index in [2.05, 4.69) is 41.6 Å². The lowest BCUT2D eigenvalue weighted by molar-refractivity contribution is 0.0936. The number of amides is 1. The van der Waals surface area contributed by atoms with E-state index in [0.29, 0.717) is 12.2 Å². The molecule has 154 valence electrons. The lowest BCUT2D eigenvalue weighted by atomic mass is 9.78. The molecule has 1 N–H and O–H groups in total. The van der Waals surface area contributed by atoms with Gasteiger partial charge in [0.25, 0.3) is 11.5 Å². The second-order valence-electron chi connectivity index (χ2n) is 7.98. The molecule has 6 heteroatoms. The summed E-state index contributed by atoms with van der Waals surface area (Å²) in [6.45, 7) is 2.60. The van der Waals surface area contributed by atoms with Crippen molar-refractivity contribution in [3.8, 4) is 5.69 Å². The van der Waals surface area contributed by atoms with Gasteiger partial charge in [-0.3, -0.25) is 9.59 Å². The van der Waals surface area contributed by atoms with Gasteiger partial charge in [0.15, 0.2) is 0 Å². The first-order valence-corrected chi connectivity index (χ1v) is 10.2. The van der Waals surface area contributed by atoms with Crippen molar-refractivity contribution >= 4 is 5.91 Å². The highest BCUT2D eigenvalue weighted by molar-refractivity contribution is 5.92. The maximum Gasteiger partial charge on any atom is 0.271 e. The van der Waals surface area contributed by atoms with Crippen molar-refractivity contribution in [1.82, 2.24) is 15.1 Å². The highest BCUT2D eigenvalue weighted by Gasteiger charge is 2.36. The van der Waals surface area contributed by atoms with Crippen LogP contribution in [0.1, 0.15) is 47.3 Å². The van der Waals surface area contributed by atoms with Crippen molar-refractivity contribution in [3.05, 3.63) is 93.7 Å². The van der Waals surface area contributed by atoms with Gasteiger partial charge in [-0.05, 0) is 55.7 Å². The zero-order valence-corrected chi connectivity index (χ0v) is 16.9. The number of carbonyl (C=O) groups is 1. The van der Waals surface area contributed by atoms with Crippen LogP contribution in [0, 0.1) is 12.7 Å². The van der Waals surface area contributed by atoms with Crippen molar-refractivity contribution in [2.45, 2.75) is 38.0 Å². The van der Waals surface area contributed by atoms with Gasteiger partial charge in [-0.2, -0.15) is 9.78 Å². The van der Waals surface area contributed by atoms with E-state index < -0.39 is 5.82 Å². The Kier molecular flexibility index (Phi) is 5.48. The summed E-state index contributed by atoms with van der Waals surface area (Å²) in [5.74, 6) is -0.733. The fraction of sp³-hybridized carbons (Fsp3) is 0.292. The predicted octanol–water partition coefficient (Wildman–Crippen LogP) is 3.92. The summed E-state index contributed by atoms with van der Waals surface area (Å²) in [7, 11) is 0. The molecule has 1 aliphatic carbocycles. The molecule has 0 unspecified atom stereocenters. The number of halogens is 1. The Balaban J connectivity index is 1.56. The van der Waals surface area contributed by atoms with E-state index >= 15 is 0 Å². The summed E-state index contributed by atoms with van der Waals surface area (Å²) in [6.07, 6.45) is 4.33. The maximum absolute atomic E-state index is 13.2. The van der Waals surface area contributed by atoms with Gasteiger partial charge in [0, 0.05) is 18.0 Å². The Labute approximate surface area is 174 Å². The quantitative estimate of drug-likeness (QED) is 0.700. The molecule has 1 saturated carbocycles. The maximum atomic E-state index is 13.2. The van der Waals surface area contributed by atoms with E-state index in [1.54, 1.807) is 0 Å². The van der Waals surface area contributed by atoms with E-state index in [1.807, 2.05) is 0 Å². The van der Waals surface area contributed by atoms with Gasteiger partial charge < -0.3 is 5.32 Å². The van der Waals surface area contributed by atoms with Crippen LogP contribution in [0.4, 0.5) is 4.39 Å². The molecule has 30 heavy (non-hydrogen) atoms. The monoisotopic (exact) mass is 405 g/mol. The van der Waals surface area contributed by atoms with Crippen LogP contribution in [0.2, 0.25) is 0 Å². The molecule has 0 radical (unpaired) electrons. The Morgan fingerprint density at radius 1 is 1.10 bits per heavy atom. The fourth-order valence-corrected chi connectivity index (χ4v) is 4.23. The smallest absolute Gasteiger partial charge is 0.271 e. The zero-order chi connectivity index (χ0) is 21.1. The minimum Gasteiger partial charge on any atom is -0.350 e. The fourth-order valence-electron chi connectivity index (χ4n) is 4.23. The number of hydrogen-bond acceptors (Lipinski definition) is 3. The van der Waals surface area contributed by atoms with Gasteiger partial charge in [0.2, 0.25) is 0 Å². The van der Waals surface area contributed by atoms with Gasteiger partial charge in [0.1, 0.15) is 11.5 Å². The normalized spacial score (nSPS) is 15.1. The SMILES string of the molecule is Cc1cccc(C2(CNC(=O)c3ccc(=O)n(-c4ccc(F)cc4)n3)CCCC2)c1. The number of nitrogens with zero attached hydrogens (tertiary/aromatic N) is 2. The summed E-state index contributed by atoms with van der Waals surface area (Å²) in [6, 6.07) is 16.6. The molecular formula is C24H24FN3O2. The molecule has 0 spiro atoms. The molecule has 0 aliphatic heterocycles. The lowest BCUT2D eigenvalue weighted by Gasteiger charge is -2.30. The second-order valence-corrected chi connectivity index (χ2v) is 7.98. The summed E-state index contributed by atoms with van der Waals surface area (Å²) < 4.78 is 14.3. The highest BCUT2D eigenvalue weighted by Crippen LogP contribution is 2.40. The average molecular weight is 405 g/mol. The van der Waals surface area contributed by atoms with Crippen molar-refractivity contribution in [2.75, 3.05) is 6.54 Å². The number of rotatable bonds is 5. The van der Waals surface area contributed by atoms with Gasteiger partial charge in [-0.25, -0.2) is 4.39 Å². The summed E-state index contributed by atoms with van der Waals surface area (Å²) >= 11 is 0. The number of hydrogen-bond donors (Lipinski definition) is 1. The van der Waals surface area contributed by atoms with E-state index in [-0.39, 0.29) is 22.6 Å². The van der Waals surface area contributed by atoms with Gasteiger partial charge >= 0.3 is 0 Å². The number of carbonyl (C=O) groups excluding carboxylic acids is 1. The molecular weight excluding hydrogens is 381 g/mol. The van der Waals surface area contributed by atoms with Crippen LogP contribution in [0.3, 0.4) is 0 Å². The minimum absolute atomic E-state index is 0.0763. The molecule has 5 nitrogen and oxygen atoms in total. The van der Waals surface area contributed by atoms with E-state index in [1.165, 1.54) is 47.5 Å². The molecule has 0 atom stereocenters. The number of nitrogens with one attached hydrogen (secondary N) is 1. The molecule has 1 fully saturated rings. The van der Waals surface area contributed by atoms with E-state index in [9.17, 15) is 14.0 Å². The first-order valence-electron chi connectivity index (χ1n) is 10.2. The minimum atomic E-state index is -0.404. The largest absolute Gasteiger partial charge is 0.350 e. The third-order valence-electron chi connectivity index (χ3n) is 5.88. The molecule has 0 saturated heterocycles. The Morgan fingerprint density at radius 2 is 1.83 bits per heavy atom. The first-order chi connectivity index (χ1) is 14.5. The number of benzene rings is 2. The zero-order valence-electron chi connectivity index (χ0n) is 16.9. The molecule has 1 aliphatic rings. The highest BCUT2D eigenvalue weighted by atomic mass is 19.1. The van der Waals surface area contributed by atoms with Crippen LogP contribution in [-0.4, -0.2) is 22.2 Å². The predicted molar refractivity (Wildman–Crippen MR) is 113 cm³/mol. The Morgan fingerprint density at radius 3 is 2.53 bits per heavy atom. The van der Waals surface area contributed by atoms with Crippen LogP contribution in [0.15, 0.2) is 65.5 Å². The molecule has 1 heterocycles. The number of aromatic nitrogens is 2. The average Bonchev–Trinajstić information content (AvgIpc) is 3.23. The molecule has 1 aromatic heterocycles. The summed E-state index contributed by atoms with van der Waals surface area (Å²) in [5, 5.41) is 7.23. The summed E-state index contributed by atoms with van der Waals surface area (Å²) in [4.78, 5) is 25.0. The van der Waals surface area contributed by atoms with Crippen LogP contribution >= 0.6 is 0 Å². The van der Waals surface area contributed by atoms with Crippen molar-refractivity contribution in [1.29, 1.82) is 0 Å². The van der Waals surface area contributed by atoms with Crippen LogP contribution in [0.5, 0.6) is 0 Å². The van der Waals surface area contributed by atoms with Gasteiger partial charge in [-0.1, -0.05) is 42.7 Å². The molecule has 4 rings (SSSR count). The molecule has 1 amide bonds. The standard InChI is InChI=1S/C24H24FN3O2/c1-17-5-4-6-18(15-17)24(13-2-3-14-24)16-26-23(30)21-11-12-22(29)28(27-21)20-9-7-19(25)8-10-20/h4-12,15H,2-3,13-14,16H2,1H3,(H,26,30). The topological polar surface area (TPSA) is 64.0 Å². The van der Waals surface area contributed by atoms with Crippen molar-refractivity contribution in [2.24, 2.45) is 0 Å². The molecule has 3 aromatic rings. The summed E-state index contributed by atoms with van der Waals surface area (Å²) in [5.41, 5.74) is 2.56. The van der Waals surface area contributed by atoms with Crippen molar-refractivity contribution < 1.29 is 9.18 Å². The Hall–Kier alpha value is -3.28. The third kappa shape index (κ3) is 4.03. The van der Waals surface area contributed by atoms with Gasteiger partial charge in [0.05, 0.1) is 5.69 Å². The van der Waals surface area contributed by atoms with Crippen molar-refractivity contribution in [3.63, 3.8) is 0 Å².